The maximum atomic E-state index is 11.7. The second-order valence-electron chi connectivity index (χ2n) is 4.53. The first-order chi connectivity index (χ1) is 6.11. The minimum absolute atomic E-state index is 0.349. The third kappa shape index (κ3) is 3.02. The lowest BCUT2D eigenvalue weighted by Crippen LogP contribution is -2.42. The quantitative estimate of drug-likeness (QED) is 0.644. The molecule has 13 heavy (non-hydrogen) atoms. The summed E-state index contributed by atoms with van der Waals surface area (Å²) in [6.45, 7) is 7.35. The van der Waals surface area contributed by atoms with Crippen molar-refractivity contribution in [2.75, 3.05) is 6.54 Å². The molecule has 2 heteroatoms. The number of carbonyl (C=O) groups is 1. The van der Waals surface area contributed by atoms with Crippen LogP contribution >= 0.6 is 0 Å². The lowest BCUT2D eigenvalue weighted by atomic mass is 10.0. The zero-order valence-electron chi connectivity index (χ0n) is 9.05. The van der Waals surface area contributed by atoms with Gasteiger partial charge in [-0.1, -0.05) is 13.8 Å². The third-order valence-electron chi connectivity index (χ3n) is 2.71. The summed E-state index contributed by atoms with van der Waals surface area (Å²) in [6, 6.07) is 0.472. The third-order valence-corrected chi connectivity index (χ3v) is 2.71. The molecule has 76 valence electrons. The Labute approximate surface area is 81.3 Å². The Kier molecular flexibility index (Phi) is 3.76. The molecule has 0 radical (unpaired) electrons. The van der Waals surface area contributed by atoms with Gasteiger partial charge < -0.3 is 4.90 Å². The predicted molar refractivity (Wildman–Crippen MR) is 54.5 cm³/mol. The van der Waals surface area contributed by atoms with Crippen molar-refractivity contribution in [2.24, 2.45) is 5.92 Å². The van der Waals surface area contributed by atoms with Crippen molar-refractivity contribution in [3.05, 3.63) is 0 Å². The summed E-state index contributed by atoms with van der Waals surface area (Å²) in [5.41, 5.74) is 0. The van der Waals surface area contributed by atoms with Crippen LogP contribution in [0.1, 0.15) is 46.5 Å². The molecule has 0 aromatic rings. The van der Waals surface area contributed by atoms with Crippen LogP contribution in [0.3, 0.4) is 0 Å². The highest BCUT2D eigenvalue weighted by molar-refractivity contribution is 5.76. The van der Waals surface area contributed by atoms with Gasteiger partial charge in [0.25, 0.3) is 0 Å². The van der Waals surface area contributed by atoms with Crippen molar-refractivity contribution in [1.82, 2.24) is 4.90 Å². The number of carbonyl (C=O) groups excluding carboxylic acids is 1. The van der Waals surface area contributed by atoms with Crippen molar-refractivity contribution in [2.45, 2.75) is 52.5 Å². The van der Waals surface area contributed by atoms with Crippen molar-refractivity contribution in [3.8, 4) is 0 Å². The highest BCUT2D eigenvalue weighted by Crippen LogP contribution is 2.18. The van der Waals surface area contributed by atoms with Gasteiger partial charge in [-0.2, -0.15) is 0 Å². The zero-order valence-corrected chi connectivity index (χ0v) is 9.05. The van der Waals surface area contributed by atoms with E-state index >= 15 is 0 Å². The molecule has 1 rings (SSSR count). The summed E-state index contributed by atoms with van der Waals surface area (Å²) < 4.78 is 0. The van der Waals surface area contributed by atoms with Crippen LogP contribution < -0.4 is 0 Å². The number of piperidine rings is 1. The molecular formula is C11H21NO. The minimum Gasteiger partial charge on any atom is -0.340 e. The van der Waals surface area contributed by atoms with Crippen molar-refractivity contribution in [3.63, 3.8) is 0 Å². The fraction of sp³-hybridized carbons (Fsp3) is 0.909. The average molecular weight is 183 g/mol. The molecule has 0 aromatic heterocycles. The van der Waals surface area contributed by atoms with Crippen molar-refractivity contribution < 1.29 is 4.79 Å². The Balaban J connectivity index is 2.44. The SMILES string of the molecule is CC(C)CC(=O)N1CCCCC1C. The van der Waals surface area contributed by atoms with Crippen LogP contribution in [-0.2, 0) is 4.79 Å². The first-order valence-electron chi connectivity index (χ1n) is 5.40. The van der Waals surface area contributed by atoms with Gasteiger partial charge in [0.15, 0.2) is 0 Å². The first kappa shape index (κ1) is 10.6. The number of rotatable bonds is 2. The second kappa shape index (κ2) is 4.64. The molecule has 0 spiro atoms. The molecule has 0 aliphatic carbocycles. The Morgan fingerprint density at radius 1 is 1.46 bits per heavy atom. The highest BCUT2D eigenvalue weighted by Gasteiger charge is 2.22. The van der Waals surface area contributed by atoms with Crippen LogP contribution in [0.15, 0.2) is 0 Å². The molecule has 1 fully saturated rings. The molecular weight excluding hydrogens is 162 g/mol. The Bertz CT molecular complexity index is 177. The van der Waals surface area contributed by atoms with Gasteiger partial charge in [-0.25, -0.2) is 0 Å². The maximum absolute atomic E-state index is 11.7. The molecule has 0 bridgehead atoms. The zero-order chi connectivity index (χ0) is 9.84. The van der Waals surface area contributed by atoms with E-state index in [-0.39, 0.29) is 0 Å². The largest absolute Gasteiger partial charge is 0.340 e. The Hall–Kier alpha value is -0.530. The number of hydrogen-bond donors (Lipinski definition) is 0. The van der Waals surface area contributed by atoms with Crippen LogP contribution in [0, 0.1) is 5.92 Å². The van der Waals surface area contributed by atoms with E-state index in [2.05, 4.69) is 25.7 Å². The highest BCUT2D eigenvalue weighted by atomic mass is 16.2. The normalized spacial score (nSPS) is 23.7. The second-order valence-corrected chi connectivity index (χ2v) is 4.53. The number of nitrogens with zero attached hydrogens (tertiary/aromatic N) is 1. The number of likely N-dealkylation sites (tertiary alicyclic amines) is 1. The van der Waals surface area contributed by atoms with Crippen molar-refractivity contribution in [1.29, 1.82) is 0 Å². The summed E-state index contributed by atoms with van der Waals surface area (Å²) in [6.07, 6.45) is 4.37. The molecule has 1 atom stereocenters. The molecule has 1 amide bonds. The topological polar surface area (TPSA) is 20.3 Å². The number of amides is 1. The predicted octanol–water partition coefficient (Wildman–Crippen LogP) is 2.43. The van der Waals surface area contributed by atoms with E-state index in [0.29, 0.717) is 24.3 Å². The summed E-state index contributed by atoms with van der Waals surface area (Å²) in [4.78, 5) is 13.8. The van der Waals surface area contributed by atoms with Crippen LogP contribution in [0.5, 0.6) is 0 Å². The molecule has 1 unspecified atom stereocenters. The van der Waals surface area contributed by atoms with E-state index in [4.69, 9.17) is 0 Å². The molecule has 0 aromatic carbocycles. The first-order valence-corrected chi connectivity index (χ1v) is 5.40. The smallest absolute Gasteiger partial charge is 0.223 e. The Morgan fingerprint density at radius 2 is 2.15 bits per heavy atom. The maximum Gasteiger partial charge on any atom is 0.223 e. The van der Waals surface area contributed by atoms with Crippen LogP contribution in [0.2, 0.25) is 0 Å². The molecule has 0 N–H and O–H groups in total. The Morgan fingerprint density at radius 3 is 2.69 bits per heavy atom. The lowest BCUT2D eigenvalue weighted by molar-refractivity contribution is -0.135. The molecule has 0 saturated carbocycles. The van der Waals surface area contributed by atoms with Crippen LogP contribution in [0.4, 0.5) is 0 Å². The van der Waals surface area contributed by atoms with E-state index in [1.165, 1.54) is 19.3 Å². The molecule has 1 aliphatic rings. The summed E-state index contributed by atoms with van der Waals surface area (Å²) >= 11 is 0. The van der Waals surface area contributed by atoms with Gasteiger partial charge in [-0.05, 0) is 32.1 Å². The van der Waals surface area contributed by atoms with Crippen LogP contribution in [0.25, 0.3) is 0 Å². The van der Waals surface area contributed by atoms with E-state index in [9.17, 15) is 4.79 Å². The molecule has 1 heterocycles. The van der Waals surface area contributed by atoms with E-state index < -0.39 is 0 Å². The molecule has 1 aliphatic heterocycles. The molecule has 1 saturated heterocycles. The van der Waals surface area contributed by atoms with Gasteiger partial charge in [-0.3, -0.25) is 4.79 Å². The average Bonchev–Trinajstić information content (AvgIpc) is 2.03. The van der Waals surface area contributed by atoms with Gasteiger partial charge in [0, 0.05) is 19.0 Å². The molecule has 2 nitrogen and oxygen atoms in total. The van der Waals surface area contributed by atoms with Crippen molar-refractivity contribution >= 4 is 5.91 Å². The van der Waals surface area contributed by atoms with E-state index in [0.717, 1.165) is 6.54 Å². The van der Waals surface area contributed by atoms with Gasteiger partial charge in [0.05, 0.1) is 0 Å². The minimum atomic E-state index is 0.349. The van der Waals surface area contributed by atoms with Gasteiger partial charge >= 0.3 is 0 Å². The standard InChI is InChI=1S/C11H21NO/c1-9(2)8-11(13)12-7-5-4-6-10(12)3/h9-10H,4-8H2,1-3H3. The monoisotopic (exact) mass is 183 g/mol. The van der Waals surface area contributed by atoms with Gasteiger partial charge in [-0.15, -0.1) is 0 Å². The van der Waals surface area contributed by atoms with E-state index in [1.807, 2.05) is 0 Å². The fourth-order valence-electron chi connectivity index (χ4n) is 1.94. The summed E-state index contributed by atoms with van der Waals surface area (Å²) in [7, 11) is 0. The van der Waals surface area contributed by atoms with Crippen LogP contribution in [-0.4, -0.2) is 23.4 Å². The fourth-order valence-corrected chi connectivity index (χ4v) is 1.94. The van der Waals surface area contributed by atoms with Gasteiger partial charge in [0.2, 0.25) is 5.91 Å². The van der Waals surface area contributed by atoms with Gasteiger partial charge in [0.1, 0.15) is 0 Å². The number of hydrogen-bond acceptors (Lipinski definition) is 1. The lowest BCUT2D eigenvalue weighted by Gasteiger charge is -2.33. The summed E-state index contributed by atoms with van der Waals surface area (Å²) in [5.74, 6) is 0.837. The summed E-state index contributed by atoms with van der Waals surface area (Å²) in [5, 5.41) is 0. The van der Waals surface area contributed by atoms with E-state index in [1.54, 1.807) is 0 Å².